The van der Waals surface area contributed by atoms with Crippen LogP contribution in [0.15, 0.2) is 54.6 Å². The Labute approximate surface area is 135 Å². The maximum Gasteiger partial charge on any atom is 0.277 e. The Morgan fingerprint density at radius 3 is 2.45 bits per heavy atom. The van der Waals surface area contributed by atoms with Crippen LogP contribution in [0.2, 0.25) is 0 Å². The van der Waals surface area contributed by atoms with Crippen LogP contribution >= 0.6 is 11.6 Å². The van der Waals surface area contributed by atoms with Gasteiger partial charge in [0, 0.05) is 12.3 Å². The van der Waals surface area contributed by atoms with Gasteiger partial charge in [0.1, 0.15) is 5.75 Å². The number of fused-ring (bicyclic) bond motifs is 1. The average molecular weight is 338 g/mol. The van der Waals surface area contributed by atoms with Gasteiger partial charge in [0.25, 0.3) is 10.0 Å². The zero-order valence-electron chi connectivity index (χ0n) is 11.9. The Morgan fingerprint density at radius 1 is 1.05 bits per heavy atom. The highest BCUT2D eigenvalue weighted by Crippen LogP contribution is 2.42. The summed E-state index contributed by atoms with van der Waals surface area (Å²) in [5.74, 6) is 0.975. The molecule has 1 unspecified atom stereocenters. The molecule has 2 aromatic rings. The van der Waals surface area contributed by atoms with E-state index in [4.69, 9.17) is 16.3 Å². The third-order valence-electron chi connectivity index (χ3n) is 3.49. The van der Waals surface area contributed by atoms with Crippen molar-refractivity contribution < 1.29 is 13.2 Å². The molecule has 0 fully saturated rings. The van der Waals surface area contributed by atoms with E-state index in [0.717, 1.165) is 0 Å². The third-order valence-corrected chi connectivity index (χ3v) is 5.67. The zero-order valence-corrected chi connectivity index (χ0v) is 13.4. The quantitative estimate of drug-likeness (QED) is 0.795. The number of alkyl halides is 1. The van der Waals surface area contributed by atoms with Gasteiger partial charge >= 0.3 is 0 Å². The molecule has 0 N–H and O–H groups in total. The maximum atomic E-state index is 12.9. The number of hydrogen-bond donors (Lipinski definition) is 0. The Kier molecular flexibility index (Phi) is 4.27. The fourth-order valence-electron chi connectivity index (χ4n) is 2.48. The van der Waals surface area contributed by atoms with Gasteiger partial charge in [-0.15, -0.1) is 11.6 Å². The summed E-state index contributed by atoms with van der Waals surface area (Å²) in [6.07, 6.45) is 0.944. The first kappa shape index (κ1) is 15.2. The van der Waals surface area contributed by atoms with E-state index in [1.807, 2.05) is 24.3 Å². The summed E-state index contributed by atoms with van der Waals surface area (Å²) in [5, 5.41) is 0. The van der Waals surface area contributed by atoms with Gasteiger partial charge in [0.05, 0.1) is 11.4 Å². The van der Waals surface area contributed by atoms with E-state index in [9.17, 15) is 8.42 Å². The first-order valence-corrected chi connectivity index (χ1v) is 9.09. The van der Waals surface area contributed by atoms with Gasteiger partial charge in [0.15, 0.2) is 0 Å². The average Bonchev–Trinajstić information content (AvgIpc) is 2.53. The first-order valence-electron chi connectivity index (χ1n) is 7.05. The molecule has 0 amide bonds. The molecule has 1 aliphatic rings. The monoisotopic (exact) mass is 337 g/mol. The smallest absolute Gasteiger partial charge is 0.277 e. The van der Waals surface area contributed by atoms with Crippen molar-refractivity contribution >= 4 is 33.0 Å². The largest absolute Gasteiger partial charge is 0.470 e. The molecule has 0 radical (unpaired) electrons. The lowest BCUT2D eigenvalue weighted by Gasteiger charge is -2.35. The molecule has 1 atom stereocenters. The van der Waals surface area contributed by atoms with Gasteiger partial charge in [-0.3, -0.25) is 0 Å². The highest BCUT2D eigenvalue weighted by molar-refractivity contribution is 7.93. The Balaban J connectivity index is 2.12. The van der Waals surface area contributed by atoms with Crippen molar-refractivity contribution in [2.45, 2.75) is 18.3 Å². The number of sulfonamides is 1. The SMILES string of the molecule is O=S1(=O)C(CCCCl)Oc2ccccc2N1c1ccccc1. The minimum Gasteiger partial charge on any atom is -0.470 e. The van der Waals surface area contributed by atoms with Crippen molar-refractivity contribution in [2.24, 2.45) is 0 Å². The molecule has 1 aliphatic heterocycles. The second kappa shape index (κ2) is 6.18. The fraction of sp³-hybridized carbons (Fsp3) is 0.250. The summed E-state index contributed by atoms with van der Waals surface area (Å²) in [4.78, 5) is 0. The molecular weight excluding hydrogens is 322 g/mol. The zero-order chi connectivity index (χ0) is 15.6. The number of para-hydroxylation sites is 3. The fourth-order valence-corrected chi connectivity index (χ4v) is 4.40. The van der Waals surface area contributed by atoms with Crippen molar-refractivity contribution in [3.63, 3.8) is 0 Å². The second-order valence-electron chi connectivity index (χ2n) is 4.99. The Morgan fingerprint density at radius 2 is 1.73 bits per heavy atom. The van der Waals surface area contributed by atoms with Gasteiger partial charge in [-0.25, -0.2) is 12.7 Å². The summed E-state index contributed by atoms with van der Waals surface area (Å²) < 4.78 is 33.0. The molecule has 2 aromatic carbocycles. The molecule has 116 valence electrons. The van der Waals surface area contributed by atoms with E-state index in [1.165, 1.54) is 4.31 Å². The molecule has 0 bridgehead atoms. The van der Waals surface area contributed by atoms with Crippen molar-refractivity contribution in [1.29, 1.82) is 0 Å². The number of anilines is 2. The number of nitrogens with zero attached hydrogens (tertiary/aromatic N) is 1. The van der Waals surface area contributed by atoms with Crippen LogP contribution in [0.1, 0.15) is 12.8 Å². The summed E-state index contributed by atoms with van der Waals surface area (Å²) in [5.41, 5.74) is 0.228. The predicted octanol–water partition coefficient (Wildman–Crippen LogP) is 3.89. The van der Waals surface area contributed by atoms with E-state index in [-0.39, 0.29) is 0 Å². The van der Waals surface area contributed by atoms with E-state index in [2.05, 4.69) is 0 Å². The topological polar surface area (TPSA) is 46.6 Å². The second-order valence-corrected chi connectivity index (χ2v) is 7.29. The van der Waals surface area contributed by atoms with Crippen molar-refractivity contribution in [2.75, 3.05) is 10.2 Å². The van der Waals surface area contributed by atoms with E-state index in [1.54, 1.807) is 30.3 Å². The Hall–Kier alpha value is -1.72. The van der Waals surface area contributed by atoms with Gasteiger partial charge in [0.2, 0.25) is 5.44 Å². The molecule has 0 aliphatic carbocycles. The molecule has 4 nitrogen and oxygen atoms in total. The predicted molar refractivity (Wildman–Crippen MR) is 88.3 cm³/mol. The minimum atomic E-state index is -3.65. The lowest BCUT2D eigenvalue weighted by atomic mass is 10.2. The number of ether oxygens (including phenoxy) is 1. The summed E-state index contributed by atoms with van der Waals surface area (Å²) >= 11 is 5.70. The molecule has 0 saturated heterocycles. The molecule has 22 heavy (non-hydrogen) atoms. The van der Waals surface area contributed by atoms with Crippen LogP contribution in [0.5, 0.6) is 5.75 Å². The van der Waals surface area contributed by atoms with E-state index < -0.39 is 15.5 Å². The summed E-state index contributed by atoms with van der Waals surface area (Å²) in [7, 11) is -3.65. The van der Waals surface area contributed by atoms with E-state index >= 15 is 0 Å². The van der Waals surface area contributed by atoms with Crippen LogP contribution < -0.4 is 9.04 Å². The van der Waals surface area contributed by atoms with Gasteiger partial charge < -0.3 is 4.74 Å². The molecule has 6 heteroatoms. The summed E-state index contributed by atoms with van der Waals surface area (Å²) in [6, 6.07) is 16.2. The molecule has 1 heterocycles. The van der Waals surface area contributed by atoms with Crippen molar-refractivity contribution in [3.8, 4) is 5.75 Å². The normalized spacial score (nSPS) is 19.3. The van der Waals surface area contributed by atoms with Crippen LogP contribution in [-0.4, -0.2) is 19.7 Å². The molecule has 0 aromatic heterocycles. The van der Waals surface area contributed by atoms with Crippen LogP contribution in [0.4, 0.5) is 11.4 Å². The summed E-state index contributed by atoms with van der Waals surface area (Å²) in [6.45, 7) is 0. The number of halogens is 1. The minimum absolute atomic E-state index is 0.365. The highest BCUT2D eigenvalue weighted by Gasteiger charge is 2.40. The van der Waals surface area contributed by atoms with Gasteiger partial charge in [-0.2, -0.15) is 0 Å². The van der Waals surface area contributed by atoms with Crippen molar-refractivity contribution in [3.05, 3.63) is 54.6 Å². The molecule has 3 rings (SSSR count). The van der Waals surface area contributed by atoms with Crippen LogP contribution in [-0.2, 0) is 10.0 Å². The number of rotatable bonds is 4. The van der Waals surface area contributed by atoms with Gasteiger partial charge in [-0.05, 0) is 30.7 Å². The highest BCUT2D eigenvalue weighted by atomic mass is 35.5. The lowest BCUT2D eigenvalue weighted by molar-refractivity contribution is 0.257. The van der Waals surface area contributed by atoms with Crippen molar-refractivity contribution in [1.82, 2.24) is 0 Å². The van der Waals surface area contributed by atoms with Crippen LogP contribution in [0, 0.1) is 0 Å². The Bertz CT molecular complexity index is 749. The molecule has 0 spiro atoms. The maximum absolute atomic E-state index is 12.9. The standard InChI is InChI=1S/C16H16ClNO3S/c17-12-6-11-16-21-15-10-5-4-9-14(15)18(22(16,19)20)13-7-2-1-3-8-13/h1-5,7-10,16H,6,11-12H2. The molecular formula is C16H16ClNO3S. The lowest BCUT2D eigenvalue weighted by Crippen LogP contribution is -2.42. The number of benzene rings is 2. The number of hydrogen-bond acceptors (Lipinski definition) is 3. The van der Waals surface area contributed by atoms with Crippen LogP contribution in [0.3, 0.4) is 0 Å². The van der Waals surface area contributed by atoms with Crippen LogP contribution in [0.25, 0.3) is 0 Å². The molecule has 0 saturated carbocycles. The first-order chi connectivity index (χ1) is 10.6. The third kappa shape index (κ3) is 2.66. The van der Waals surface area contributed by atoms with E-state index in [0.29, 0.717) is 35.8 Å². The van der Waals surface area contributed by atoms with Gasteiger partial charge in [-0.1, -0.05) is 30.3 Å².